The standard InChI is InChI=1S/C7H9N5O5S/c1-16-4-3-8-7(17-2)12-5(4)9-6(10-12)11-18(13,14)15/h3H,1-2H3,(H,10,11)(H,13,14,15). The van der Waals surface area contributed by atoms with Crippen LogP contribution < -0.4 is 14.2 Å². The molecular formula is C7H9N5O5S. The number of nitrogens with zero attached hydrogens (tertiary/aromatic N) is 4. The molecule has 0 aliphatic rings. The molecule has 0 radical (unpaired) electrons. The Morgan fingerprint density at radius 3 is 2.67 bits per heavy atom. The average Bonchev–Trinajstić information content (AvgIpc) is 2.68. The molecule has 2 aromatic heterocycles. The van der Waals surface area contributed by atoms with Crippen LogP contribution >= 0.6 is 0 Å². The van der Waals surface area contributed by atoms with Crippen LogP contribution in [0.4, 0.5) is 5.95 Å². The third-order valence-electron chi connectivity index (χ3n) is 1.92. The summed E-state index contributed by atoms with van der Waals surface area (Å²) in [5, 5.41) is 3.77. The van der Waals surface area contributed by atoms with Gasteiger partial charge in [-0.05, 0) is 0 Å². The molecule has 0 bridgehead atoms. The summed E-state index contributed by atoms with van der Waals surface area (Å²) in [7, 11) is -1.69. The molecule has 98 valence electrons. The largest absolute Gasteiger partial charge is 0.491 e. The molecule has 0 spiro atoms. The minimum Gasteiger partial charge on any atom is -0.491 e. The lowest BCUT2D eigenvalue weighted by Gasteiger charge is -2.03. The fourth-order valence-electron chi connectivity index (χ4n) is 1.27. The molecule has 0 unspecified atom stereocenters. The molecule has 0 atom stereocenters. The number of methoxy groups -OCH3 is 2. The number of ether oxygens (including phenoxy) is 2. The predicted molar refractivity (Wildman–Crippen MR) is 59.1 cm³/mol. The van der Waals surface area contributed by atoms with Gasteiger partial charge in [-0.2, -0.15) is 22.9 Å². The van der Waals surface area contributed by atoms with Gasteiger partial charge in [0, 0.05) is 0 Å². The highest BCUT2D eigenvalue weighted by molar-refractivity contribution is 7.87. The van der Waals surface area contributed by atoms with Crippen LogP contribution in [-0.2, 0) is 10.3 Å². The fourth-order valence-corrected chi connectivity index (χ4v) is 1.59. The van der Waals surface area contributed by atoms with Crippen molar-refractivity contribution in [1.82, 2.24) is 19.6 Å². The molecular weight excluding hydrogens is 266 g/mol. The summed E-state index contributed by atoms with van der Waals surface area (Å²) >= 11 is 0. The number of aromatic nitrogens is 4. The first-order valence-corrected chi connectivity index (χ1v) is 5.97. The van der Waals surface area contributed by atoms with Gasteiger partial charge in [0.15, 0.2) is 5.75 Å². The lowest BCUT2D eigenvalue weighted by atomic mass is 10.5. The second-order valence-corrected chi connectivity index (χ2v) is 4.22. The molecule has 2 aromatic rings. The van der Waals surface area contributed by atoms with E-state index in [0.29, 0.717) is 0 Å². The van der Waals surface area contributed by atoms with E-state index in [0.717, 1.165) is 4.52 Å². The Morgan fingerprint density at radius 2 is 2.11 bits per heavy atom. The Balaban J connectivity index is 2.61. The highest BCUT2D eigenvalue weighted by Gasteiger charge is 2.16. The van der Waals surface area contributed by atoms with Gasteiger partial charge in [-0.3, -0.25) is 4.55 Å². The molecule has 0 amide bonds. The van der Waals surface area contributed by atoms with Crippen LogP contribution in [0, 0.1) is 0 Å². The second kappa shape index (κ2) is 4.27. The fraction of sp³-hybridized carbons (Fsp3) is 0.286. The van der Waals surface area contributed by atoms with Gasteiger partial charge in [0.25, 0.3) is 5.95 Å². The van der Waals surface area contributed by atoms with Crippen molar-refractivity contribution in [3.05, 3.63) is 6.20 Å². The topological polar surface area (TPSA) is 128 Å². The van der Waals surface area contributed by atoms with Gasteiger partial charge in [0.1, 0.15) is 0 Å². The molecule has 0 aromatic carbocycles. The zero-order valence-electron chi connectivity index (χ0n) is 9.35. The Hall–Kier alpha value is -2.14. The maximum Gasteiger partial charge on any atom is 0.359 e. The summed E-state index contributed by atoms with van der Waals surface area (Å²) in [6.07, 6.45) is 1.35. The van der Waals surface area contributed by atoms with Gasteiger partial charge in [-0.15, -0.1) is 5.10 Å². The van der Waals surface area contributed by atoms with Crippen molar-refractivity contribution in [2.24, 2.45) is 0 Å². The Morgan fingerprint density at radius 1 is 1.39 bits per heavy atom. The molecule has 11 heteroatoms. The molecule has 10 nitrogen and oxygen atoms in total. The molecule has 2 N–H and O–H groups in total. The second-order valence-electron chi connectivity index (χ2n) is 3.06. The van der Waals surface area contributed by atoms with Crippen LogP contribution in [0.5, 0.6) is 11.8 Å². The van der Waals surface area contributed by atoms with Crippen LogP contribution in [0.2, 0.25) is 0 Å². The smallest absolute Gasteiger partial charge is 0.359 e. The highest BCUT2D eigenvalue weighted by Crippen LogP contribution is 2.21. The van der Waals surface area contributed by atoms with Crippen molar-refractivity contribution < 1.29 is 22.4 Å². The number of fused-ring (bicyclic) bond motifs is 1. The lowest BCUT2D eigenvalue weighted by Crippen LogP contribution is -2.11. The van der Waals surface area contributed by atoms with Crippen LogP contribution in [0.3, 0.4) is 0 Å². The summed E-state index contributed by atoms with van der Waals surface area (Å²) in [6, 6.07) is 0.0849. The van der Waals surface area contributed by atoms with Crippen molar-refractivity contribution in [2.75, 3.05) is 18.9 Å². The van der Waals surface area contributed by atoms with E-state index >= 15 is 0 Å². The van der Waals surface area contributed by atoms with Gasteiger partial charge < -0.3 is 9.47 Å². The van der Waals surface area contributed by atoms with E-state index in [1.807, 2.05) is 0 Å². The molecule has 2 heterocycles. The van der Waals surface area contributed by atoms with Gasteiger partial charge >= 0.3 is 16.3 Å². The maximum atomic E-state index is 10.7. The summed E-state index contributed by atoms with van der Waals surface area (Å²) in [5.41, 5.74) is 0.190. The van der Waals surface area contributed by atoms with E-state index in [4.69, 9.17) is 14.0 Å². The Bertz CT molecular complexity index is 640. The molecule has 0 fully saturated rings. The van der Waals surface area contributed by atoms with E-state index in [9.17, 15) is 8.42 Å². The van der Waals surface area contributed by atoms with E-state index < -0.39 is 10.3 Å². The quantitative estimate of drug-likeness (QED) is 0.705. The summed E-state index contributed by atoms with van der Waals surface area (Å²) in [6.45, 7) is 0. The average molecular weight is 275 g/mol. The molecule has 0 aliphatic carbocycles. The first-order chi connectivity index (χ1) is 8.44. The SMILES string of the molecule is COc1cnc(OC)n2nc(NS(=O)(=O)O)nc12. The normalized spacial score (nSPS) is 11.5. The number of hydrogen-bond donors (Lipinski definition) is 2. The van der Waals surface area contributed by atoms with Crippen LogP contribution in [0.25, 0.3) is 5.65 Å². The van der Waals surface area contributed by atoms with Crippen molar-refractivity contribution in [2.45, 2.75) is 0 Å². The Kier molecular flexibility index (Phi) is 2.92. The number of rotatable bonds is 4. The first-order valence-electron chi connectivity index (χ1n) is 4.53. The molecule has 0 saturated carbocycles. The Labute approximate surface area is 101 Å². The van der Waals surface area contributed by atoms with Gasteiger partial charge in [-0.25, -0.2) is 4.72 Å². The predicted octanol–water partition coefficient (Wildman–Crippen LogP) is -0.644. The van der Waals surface area contributed by atoms with Crippen molar-refractivity contribution in [1.29, 1.82) is 0 Å². The highest BCUT2D eigenvalue weighted by atomic mass is 32.2. The van der Waals surface area contributed by atoms with Crippen LogP contribution in [-0.4, -0.2) is 46.8 Å². The van der Waals surface area contributed by atoms with Crippen molar-refractivity contribution >= 4 is 21.9 Å². The van der Waals surface area contributed by atoms with Gasteiger partial charge in [0.2, 0.25) is 5.65 Å². The number of anilines is 1. The van der Waals surface area contributed by atoms with Gasteiger partial charge in [0.05, 0.1) is 20.4 Å². The minimum absolute atomic E-state index is 0.0849. The van der Waals surface area contributed by atoms with E-state index in [2.05, 4.69) is 15.1 Å². The maximum absolute atomic E-state index is 10.7. The molecule has 18 heavy (non-hydrogen) atoms. The summed E-state index contributed by atoms with van der Waals surface area (Å²) in [5.74, 6) is -0.0613. The van der Waals surface area contributed by atoms with Crippen molar-refractivity contribution in [3.8, 4) is 11.8 Å². The summed E-state index contributed by atoms with van der Waals surface area (Å²) in [4.78, 5) is 7.71. The number of nitrogens with one attached hydrogen (secondary N) is 1. The molecule has 0 saturated heterocycles. The zero-order valence-corrected chi connectivity index (χ0v) is 10.2. The zero-order chi connectivity index (χ0) is 13.3. The van der Waals surface area contributed by atoms with Crippen molar-refractivity contribution in [3.63, 3.8) is 0 Å². The van der Waals surface area contributed by atoms with Crippen LogP contribution in [0.15, 0.2) is 6.20 Å². The van der Waals surface area contributed by atoms with Crippen LogP contribution in [0.1, 0.15) is 0 Å². The molecule has 2 rings (SSSR count). The third kappa shape index (κ3) is 2.26. The van der Waals surface area contributed by atoms with Gasteiger partial charge in [-0.1, -0.05) is 0 Å². The minimum atomic E-state index is -4.45. The first kappa shape index (κ1) is 12.3. The molecule has 0 aliphatic heterocycles. The number of hydrogen-bond acceptors (Lipinski definition) is 7. The lowest BCUT2D eigenvalue weighted by molar-refractivity contribution is 0.359. The van der Waals surface area contributed by atoms with E-state index in [-0.39, 0.29) is 23.4 Å². The third-order valence-corrected chi connectivity index (χ3v) is 2.36. The van der Waals surface area contributed by atoms with E-state index in [1.54, 1.807) is 4.72 Å². The van der Waals surface area contributed by atoms with E-state index in [1.165, 1.54) is 20.4 Å². The monoisotopic (exact) mass is 275 g/mol. The summed E-state index contributed by atoms with van der Waals surface area (Å²) < 4.78 is 42.7.